The van der Waals surface area contributed by atoms with Crippen molar-refractivity contribution in [2.24, 2.45) is 5.73 Å². The van der Waals surface area contributed by atoms with Gasteiger partial charge in [0.05, 0.1) is 0 Å². The van der Waals surface area contributed by atoms with Crippen LogP contribution in [-0.2, 0) is 9.53 Å². The topological polar surface area (TPSA) is 79.4 Å². The zero-order chi connectivity index (χ0) is 22.1. The van der Waals surface area contributed by atoms with Gasteiger partial charge in [-0.1, -0.05) is 0 Å². The van der Waals surface area contributed by atoms with Gasteiger partial charge in [0.25, 0.3) is 0 Å². The third-order valence-corrected chi connectivity index (χ3v) is 10.6. The van der Waals surface area contributed by atoms with Crippen molar-refractivity contribution in [2.75, 3.05) is 26.4 Å². The van der Waals surface area contributed by atoms with Crippen LogP contribution in [0.15, 0.2) is 91.0 Å². The SMILES string of the molecule is CN(CC(=O)OCCC[PH](c1ccccc1)(c1ccccc1)c1ccccc1)C(=N)N. The molecule has 0 fully saturated rings. The van der Waals surface area contributed by atoms with E-state index in [9.17, 15) is 4.79 Å². The molecule has 3 N–H and O–H groups in total. The van der Waals surface area contributed by atoms with E-state index in [1.54, 1.807) is 7.05 Å². The number of hydrogen-bond acceptors (Lipinski definition) is 3. The first-order valence-electron chi connectivity index (χ1n) is 10.4. The van der Waals surface area contributed by atoms with Crippen molar-refractivity contribution in [1.29, 1.82) is 5.41 Å². The van der Waals surface area contributed by atoms with Crippen LogP contribution in [0.3, 0.4) is 0 Å². The molecule has 0 unspecified atom stereocenters. The molecule has 3 rings (SSSR count). The molecule has 31 heavy (non-hydrogen) atoms. The zero-order valence-corrected chi connectivity index (χ0v) is 18.8. The summed E-state index contributed by atoms with van der Waals surface area (Å²) >= 11 is 0. The molecular formula is C25H30N3O2P. The first kappa shape index (κ1) is 22.5. The molecule has 6 heteroatoms. The monoisotopic (exact) mass is 435 g/mol. The number of ether oxygens (including phenoxy) is 1. The summed E-state index contributed by atoms with van der Waals surface area (Å²) in [4.78, 5) is 13.4. The summed E-state index contributed by atoms with van der Waals surface area (Å²) in [6, 6.07) is 32.1. The number of hydrogen-bond donors (Lipinski definition) is 2. The quantitative estimate of drug-likeness (QED) is 0.178. The maximum atomic E-state index is 12.1. The van der Waals surface area contributed by atoms with Crippen molar-refractivity contribution in [2.45, 2.75) is 6.42 Å². The van der Waals surface area contributed by atoms with Gasteiger partial charge in [0.15, 0.2) is 0 Å². The third kappa shape index (κ3) is 5.50. The normalized spacial score (nSPS) is 11.5. The Hall–Kier alpha value is -3.17. The summed E-state index contributed by atoms with van der Waals surface area (Å²) in [5, 5.41) is 11.4. The van der Waals surface area contributed by atoms with Crippen LogP contribution in [0.5, 0.6) is 0 Å². The summed E-state index contributed by atoms with van der Waals surface area (Å²) in [5.74, 6) is -0.523. The van der Waals surface area contributed by atoms with Crippen LogP contribution in [0.25, 0.3) is 0 Å². The van der Waals surface area contributed by atoms with Gasteiger partial charge in [-0.2, -0.15) is 0 Å². The minimum absolute atomic E-state index is 0.0199. The van der Waals surface area contributed by atoms with Gasteiger partial charge in [0, 0.05) is 0 Å². The number of nitrogens with two attached hydrogens (primary N) is 1. The Morgan fingerprint density at radius 3 is 1.68 bits per heavy atom. The molecule has 162 valence electrons. The minimum atomic E-state index is -2.30. The Labute approximate surface area is 184 Å². The van der Waals surface area contributed by atoms with Crippen molar-refractivity contribution < 1.29 is 9.53 Å². The molecule has 0 spiro atoms. The molecule has 3 aromatic carbocycles. The fourth-order valence-corrected chi connectivity index (χ4v) is 8.77. The van der Waals surface area contributed by atoms with Gasteiger partial charge >= 0.3 is 184 Å². The number of nitrogens with zero attached hydrogens (tertiary/aromatic N) is 1. The Bertz CT molecular complexity index is 885. The van der Waals surface area contributed by atoms with E-state index >= 15 is 0 Å². The summed E-state index contributed by atoms with van der Waals surface area (Å²) in [7, 11) is -0.703. The fraction of sp³-hybridized carbons (Fsp3) is 0.200. The molecule has 0 aromatic heterocycles. The van der Waals surface area contributed by atoms with Crippen LogP contribution >= 0.6 is 7.26 Å². The van der Waals surface area contributed by atoms with E-state index in [1.165, 1.54) is 20.8 Å². The van der Waals surface area contributed by atoms with Crippen molar-refractivity contribution in [3.63, 3.8) is 0 Å². The Balaban J connectivity index is 1.87. The van der Waals surface area contributed by atoms with Crippen LogP contribution in [0.2, 0.25) is 0 Å². The van der Waals surface area contributed by atoms with E-state index in [1.807, 2.05) is 18.2 Å². The molecule has 0 heterocycles. The van der Waals surface area contributed by atoms with E-state index < -0.39 is 7.26 Å². The van der Waals surface area contributed by atoms with E-state index in [0.29, 0.717) is 6.61 Å². The summed E-state index contributed by atoms with van der Waals surface area (Å²) in [6.45, 7) is 0.319. The van der Waals surface area contributed by atoms with Crippen LogP contribution in [0.4, 0.5) is 0 Å². The summed E-state index contributed by atoms with van der Waals surface area (Å²) in [5.41, 5.74) is 5.40. The van der Waals surface area contributed by atoms with Gasteiger partial charge in [-0.05, 0) is 0 Å². The molecule has 0 aliphatic rings. The standard InChI is InChI=1S/C25H30N3O2P/c1-28(25(26)27)20-24(29)30-18-11-19-31(21-12-5-2-6-13-21,22-14-7-3-8-15-22)23-16-9-4-10-17-23/h2-10,12-17,31H,11,18-20H2,1H3,(H3,26,27). The molecule has 0 aliphatic heterocycles. The molecular weight excluding hydrogens is 405 g/mol. The molecule has 0 saturated heterocycles. The van der Waals surface area contributed by atoms with Crippen LogP contribution in [-0.4, -0.2) is 43.2 Å². The van der Waals surface area contributed by atoms with Gasteiger partial charge < -0.3 is 0 Å². The molecule has 0 saturated carbocycles. The van der Waals surface area contributed by atoms with E-state index in [2.05, 4.69) is 72.8 Å². The van der Waals surface area contributed by atoms with E-state index in [0.717, 1.165) is 12.6 Å². The average Bonchev–Trinajstić information content (AvgIpc) is 2.81. The Morgan fingerprint density at radius 2 is 1.29 bits per heavy atom. The van der Waals surface area contributed by atoms with Crippen molar-refractivity contribution in [3.05, 3.63) is 91.0 Å². The number of carbonyl (C=O) groups is 1. The predicted molar refractivity (Wildman–Crippen MR) is 132 cm³/mol. The number of likely N-dealkylation sites (N-methyl/N-ethyl adjacent to an activating group) is 1. The zero-order valence-electron chi connectivity index (χ0n) is 17.8. The molecule has 0 aliphatic carbocycles. The number of esters is 1. The van der Waals surface area contributed by atoms with Gasteiger partial charge in [0.2, 0.25) is 0 Å². The molecule has 0 bridgehead atoms. The van der Waals surface area contributed by atoms with Crippen LogP contribution < -0.4 is 21.6 Å². The first-order valence-corrected chi connectivity index (χ1v) is 12.6. The second kappa shape index (κ2) is 10.7. The van der Waals surface area contributed by atoms with Gasteiger partial charge in [-0.25, -0.2) is 0 Å². The number of rotatable bonds is 9. The number of carbonyl (C=O) groups excluding carboxylic acids is 1. The second-order valence-corrected chi connectivity index (χ2v) is 11.6. The van der Waals surface area contributed by atoms with E-state index in [4.69, 9.17) is 15.9 Å². The molecule has 3 aromatic rings. The third-order valence-electron chi connectivity index (χ3n) is 5.54. The molecule has 5 nitrogen and oxygen atoms in total. The van der Waals surface area contributed by atoms with Crippen LogP contribution in [0.1, 0.15) is 6.42 Å². The van der Waals surface area contributed by atoms with Gasteiger partial charge in [0.1, 0.15) is 0 Å². The summed E-state index contributed by atoms with van der Waals surface area (Å²) in [6.07, 6.45) is 1.67. The van der Waals surface area contributed by atoms with Crippen molar-refractivity contribution in [3.8, 4) is 0 Å². The second-order valence-electron chi connectivity index (χ2n) is 7.57. The maximum absolute atomic E-state index is 12.1. The Morgan fingerprint density at radius 1 is 0.871 bits per heavy atom. The number of guanidine groups is 1. The molecule has 0 amide bonds. The molecule has 0 radical (unpaired) electrons. The molecule has 0 atom stereocenters. The average molecular weight is 436 g/mol. The number of nitrogens with one attached hydrogen (secondary N) is 1. The van der Waals surface area contributed by atoms with Crippen molar-refractivity contribution in [1.82, 2.24) is 4.90 Å². The number of benzene rings is 3. The van der Waals surface area contributed by atoms with E-state index in [-0.39, 0.29) is 18.5 Å². The van der Waals surface area contributed by atoms with Gasteiger partial charge in [-0.3, -0.25) is 0 Å². The van der Waals surface area contributed by atoms with Crippen molar-refractivity contribution >= 4 is 35.1 Å². The first-order chi connectivity index (χ1) is 15.0. The van der Waals surface area contributed by atoms with Crippen LogP contribution in [0, 0.1) is 5.41 Å². The summed E-state index contributed by atoms with van der Waals surface area (Å²) < 4.78 is 5.46. The van der Waals surface area contributed by atoms with Gasteiger partial charge in [-0.15, -0.1) is 0 Å². The Kier molecular flexibility index (Phi) is 7.80. The predicted octanol–water partition coefficient (Wildman–Crippen LogP) is 2.47. The fourth-order valence-electron chi connectivity index (χ4n) is 3.95.